The third kappa shape index (κ3) is 4.79. The summed E-state index contributed by atoms with van der Waals surface area (Å²) in [4.78, 5) is 28.5. The minimum atomic E-state index is -1.04. The van der Waals surface area contributed by atoms with Crippen LogP contribution in [0.5, 0.6) is 17.2 Å². The van der Waals surface area contributed by atoms with Gasteiger partial charge in [-0.25, -0.2) is 0 Å². The molecule has 1 saturated heterocycles. The summed E-state index contributed by atoms with van der Waals surface area (Å²) in [6.45, 7) is 6.04. The van der Waals surface area contributed by atoms with Gasteiger partial charge in [0.15, 0.2) is 11.5 Å². The minimum absolute atomic E-state index is 0.0964. The highest BCUT2D eigenvalue weighted by atomic mass is 16.5. The lowest BCUT2D eigenvalue weighted by molar-refractivity contribution is -0.132. The molecule has 1 unspecified atom stereocenters. The van der Waals surface area contributed by atoms with E-state index >= 15 is 0 Å². The Morgan fingerprint density at radius 2 is 1.59 bits per heavy atom. The van der Waals surface area contributed by atoms with Crippen LogP contribution in [0.15, 0.2) is 66.2 Å². The van der Waals surface area contributed by atoms with E-state index in [9.17, 15) is 20.0 Å². The number of para-hydroxylation sites is 1. The van der Waals surface area contributed by atoms with Crippen molar-refractivity contribution in [2.45, 2.75) is 32.2 Å². The SMILES string of the molecule is COc1ccc(/C(O)=C2/C(=O)C(=O)N(c3ccc(C#N)cc3)C2c2cccc(OC)c2OC)cc1C(C)(C)C. The second-order valence-corrected chi connectivity index (χ2v) is 10.1. The summed E-state index contributed by atoms with van der Waals surface area (Å²) in [5, 5.41) is 20.9. The number of aliphatic hydroxyl groups excluding tert-OH is 1. The van der Waals surface area contributed by atoms with Crippen LogP contribution in [0.1, 0.15) is 49.1 Å². The van der Waals surface area contributed by atoms with E-state index in [1.54, 1.807) is 67.8 Å². The number of benzene rings is 3. The predicted octanol–water partition coefficient (Wildman–Crippen LogP) is 5.51. The molecule has 3 aromatic rings. The molecule has 4 rings (SSSR count). The maximum absolute atomic E-state index is 13.6. The number of anilines is 1. The molecule has 0 saturated carbocycles. The van der Waals surface area contributed by atoms with Crippen molar-refractivity contribution in [2.75, 3.05) is 26.2 Å². The van der Waals surface area contributed by atoms with Gasteiger partial charge in [-0.2, -0.15) is 5.26 Å². The quantitative estimate of drug-likeness (QED) is 0.256. The van der Waals surface area contributed by atoms with Gasteiger partial charge in [0.25, 0.3) is 11.7 Å². The second-order valence-electron chi connectivity index (χ2n) is 10.1. The Morgan fingerprint density at radius 3 is 2.15 bits per heavy atom. The molecule has 1 heterocycles. The lowest BCUT2D eigenvalue weighted by atomic mass is 9.84. The number of ether oxygens (including phenoxy) is 3. The Kier molecular flexibility index (Phi) is 7.37. The van der Waals surface area contributed by atoms with E-state index in [2.05, 4.69) is 0 Å². The number of carbonyl (C=O) groups is 2. The zero-order valence-corrected chi connectivity index (χ0v) is 22.7. The molecule has 8 heteroatoms. The molecule has 1 atom stereocenters. The third-order valence-corrected chi connectivity index (χ3v) is 6.73. The van der Waals surface area contributed by atoms with Crippen molar-refractivity contribution >= 4 is 23.1 Å². The maximum atomic E-state index is 13.6. The molecular formula is C31H30N2O6. The Hall–Kier alpha value is -4.77. The average Bonchev–Trinajstić information content (AvgIpc) is 3.20. The molecule has 0 radical (unpaired) electrons. The van der Waals surface area contributed by atoms with Crippen LogP contribution in [0, 0.1) is 11.3 Å². The summed E-state index contributed by atoms with van der Waals surface area (Å²) >= 11 is 0. The first kappa shape index (κ1) is 27.3. The molecule has 1 N–H and O–H groups in total. The van der Waals surface area contributed by atoms with Crippen molar-refractivity contribution < 1.29 is 28.9 Å². The summed E-state index contributed by atoms with van der Waals surface area (Å²) in [6, 6.07) is 17.6. The van der Waals surface area contributed by atoms with Crippen LogP contribution < -0.4 is 19.1 Å². The predicted molar refractivity (Wildman–Crippen MR) is 147 cm³/mol. The number of ketones is 1. The fourth-order valence-electron chi connectivity index (χ4n) is 4.81. The number of carbonyl (C=O) groups excluding carboxylic acids is 2. The second kappa shape index (κ2) is 10.5. The summed E-state index contributed by atoms with van der Waals surface area (Å²) in [5.74, 6) is -0.627. The molecule has 1 aliphatic heterocycles. The van der Waals surface area contributed by atoms with Crippen molar-refractivity contribution in [3.8, 4) is 23.3 Å². The molecule has 0 spiro atoms. The normalized spacial score (nSPS) is 16.6. The highest BCUT2D eigenvalue weighted by Gasteiger charge is 2.48. The van der Waals surface area contributed by atoms with Crippen molar-refractivity contribution in [3.63, 3.8) is 0 Å². The Morgan fingerprint density at radius 1 is 0.923 bits per heavy atom. The molecule has 8 nitrogen and oxygen atoms in total. The molecule has 0 bridgehead atoms. The molecule has 0 aromatic heterocycles. The standard InChI is InChI=1S/C31H30N2O6/c1-31(2,3)22-16-19(12-15-23(22)37-4)27(34)25-26(21-8-7-9-24(38-5)29(21)39-6)33(30(36)28(25)35)20-13-10-18(17-32)11-14-20/h7-16,26,34H,1-6H3/b27-25-. The van der Waals surface area contributed by atoms with Crippen LogP contribution >= 0.6 is 0 Å². The number of nitrogens with zero attached hydrogens (tertiary/aromatic N) is 2. The van der Waals surface area contributed by atoms with E-state index in [1.807, 2.05) is 26.8 Å². The van der Waals surface area contributed by atoms with Gasteiger partial charge in [-0.15, -0.1) is 0 Å². The molecule has 1 aliphatic rings. The number of aliphatic hydroxyl groups is 1. The topological polar surface area (TPSA) is 109 Å². The molecule has 3 aromatic carbocycles. The summed E-state index contributed by atoms with van der Waals surface area (Å²) < 4.78 is 16.7. The molecule has 200 valence electrons. The summed E-state index contributed by atoms with van der Waals surface area (Å²) in [5.41, 5.74) is 2.00. The van der Waals surface area contributed by atoms with Gasteiger partial charge >= 0.3 is 0 Å². The lowest BCUT2D eigenvalue weighted by Gasteiger charge is -2.27. The largest absolute Gasteiger partial charge is 0.507 e. The molecule has 39 heavy (non-hydrogen) atoms. The van der Waals surface area contributed by atoms with Gasteiger partial charge in [0.1, 0.15) is 11.5 Å². The van der Waals surface area contributed by atoms with Crippen LogP contribution in [0.2, 0.25) is 0 Å². The maximum Gasteiger partial charge on any atom is 0.300 e. The number of methoxy groups -OCH3 is 3. The first-order chi connectivity index (χ1) is 18.6. The first-order valence-corrected chi connectivity index (χ1v) is 12.3. The zero-order chi connectivity index (χ0) is 28.5. The lowest BCUT2D eigenvalue weighted by Crippen LogP contribution is -2.29. The Balaban J connectivity index is 2.02. The number of hydrogen-bond donors (Lipinski definition) is 1. The number of nitriles is 1. The van der Waals surface area contributed by atoms with Gasteiger partial charge in [0.2, 0.25) is 0 Å². The fraction of sp³-hybridized carbons (Fsp3) is 0.258. The molecular weight excluding hydrogens is 496 g/mol. The van der Waals surface area contributed by atoms with Crippen LogP contribution in [-0.4, -0.2) is 38.1 Å². The number of hydrogen-bond acceptors (Lipinski definition) is 7. The smallest absolute Gasteiger partial charge is 0.300 e. The van der Waals surface area contributed by atoms with E-state index in [0.29, 0.717) is 39.6 Å². The van der Waals surface area contributed by atoms with Crippen LogP contribution in [0.25, 0.3) is 5.76 Å². The molecule has 1 fully saturated rings. The first-order valence-electron chi connectivity index (χ1n) is 12.3. The zero-order valence-electron chi connectivity index (χ0n) is 22.7. The summed E-state index contributed by atoms with van der Waals surface area (Å²) in [7, 11) is 4.53. The van der Waals surface area contributed by atoms with Crippen LogP contribution in [0.3, 0.4) is 0 Å². The Bertz CT molecular complexity index is 1510. The van der Waals surface area contributed by atoms with Gasteiger partial charge in [-0.05, 0) is 53.9 Å². The van der Waals surface area contributed by atoms with Crippen molar-refractivity contribution in [2.24, 2.45) is 0 Å². The van der Waals surface area contributed by atoms with Gasteiger partial charge in [0, 0.05) is 22.4 Å². The highest BCUT2D eigenvalue weighted by molar-refractivity contribution is 6.51. The van der Waals surface area contributed by atoms with Gasteiger partial charge in [-0.1, -0.05) is 32.9 Å². The van der Waals surface area contributed by atoms with E-state index in [-0.39, 0.29) is 16.7 Å². The van der Waals surface area contributed by atoms with E-state index in [1.165, 1.54) is 19.1 Å². The minimum Gasteiger partial charge on any atom is -0.507 e. The van der Waals surface area contributed by atoms with Crippen molar-refractivity contribution in [3.05, 3.63) is 88.5 Å². The summed E-state index contributed by atoms with van der Waals surface area (Å²) in [6.07, 6.45) is 0. The van der Waals surface area contributed by atoms with E-state index in [0.717, 1.165) is 5.56 Å². The fourth-order valence-corrected chi connectivity index (χ4v) is 4.81. The average molecular weight is 527 g/mol. The third-order valence-electron chi connectivity index (χ3n) is 6.73. The molecule has 1 amide bonds. The monoisotopic (exact) mass is 526 g/mol. The van der Waals surface area contributed by atoms with Gasteiger partial charge in [0.05, 0.1) is 44.6 Å². The Labute approximate surface area is 227 Å². The van der Waals surface area contributed by atoms with E-state index in [4.69, 9.17) is 14.2 Å². The number of Topliss-reactive ketones (excluding diaryl/α,β-unsaturated/α-hetero) is 1. The van der Waals surface area contributed by atoms with Crippen molar-refractivity contribution in [1.29, 1.82) is 5.26 Å². The van der Waals surface area contributed by atoms with E-state index < -0.39 is 17.7 Å². The number of amides is 1. The highest BCUT2D eigenvalue weighted by Crippen LogP contribution is 2.47. The van der Waals surface area contributed by atoms with Gasteiger partial charge < -0.3 is 19.3 Å². The van der Waals surface area contributed by atoms with Gasteiger partial charge in [-0.3, -0.25) is 14.5 Å². The van der Waals surface area contributed by atoms with Crippen LogP contribution in [0.4, 0.5) is 5.69 Å². The van der Waals surface area contributed by atoms with Crippen molar-refractivity contribution in [1.82, 2.24) is 0 Å². The number of rotatable bonds is 6. The van der Waals surface area contributed by atoms with Crippen LogP contribution in [-0.2, 0) is 15.0 Å². The molecule has 0 aliphatic carbocycles.